The van der Waals surface area contributed by atoms with Gasteiger partial charge in [0.25, 0.3) is 17.7 Å². The topological polar surface area (TPSA) is 235 Å². The van der Waals surface area contributed by atoms with Crippen molar-refractivity contribution in [1.29, 1.82) is 0 Å². The lowest BCUT2D eigenvalue weighted by atomic mass is 10.0. The maximum Gasteiger partial charge on any atom is 0.286 e. The van der Waals surface area contributed by atoms with Gasteiger partial charge in [-0.2, -0.15) is 4.57 Å². The number of allylic oxidation sites excluding steroid dienone is 1. The number of rotatable bonds is 11. The number of nitrogens with one attached hydrogen (secondary N) is 2. The number of aromatic nitrogens is 2. The van der Waals surface area contributed by atoms with E-state index in [4.69, 9.17) is 5.73 Å². The van der Waals surface area contributed by atoms with Crippen molar-refractivity contribution in [2.24, 2.45) is 5.16 Å². The maximum absolute atomic E-state index is 13.3. The number of oxime groups is 1. The van der Waals surface area contributed by atoms with Crippen LogP contribution in [0, 0.1) is 0 Å². The average Bonchev–Trinajstić information content (AvgIpc) is 3.67. The average molecular weight is 719 g/mol. The number of anilines is 1. The van der Waals surface area contributed by atoms with Gasteiger partial charge in [0.2, 0.25) is 12.5 Å². The van der Waals surface area contributed by atoms with Crippen LogP contribution in [-0.2, 0) is 43.6 Å². The van der Waals surface area contributed by atoms with Crippen LogP contribution in [0.15, 0.2) is 82.2 Å². The number of likely N-dealkylation sites (tertiary alicyclic amines) is 1. The zero-order valence-electron chi connectivity index (χ0n) is 26.1. The van der Waals surface area contributed by atoms with E-state index < -0.39 is 34.9 Å². The molecule has 1 aromatic carbocycles. The van der Waals surface area contributed by atoms with Crippen LogP contribution >= 0.6 is 23.1 Å². The number of aliphatic carboxylic acids is 1. The molecule has 0 radical (unpaired) electrons. The Labute approximate surface area is 292 Å². The molecule has 3 aromatic rings. The molecule has 6 N–H and O–H groups in total. The number of β-lactam (4-membered cyclic amide) rings is 1. The molecule has 2 fully saturated rings. The summed E-state index contributed by atoms with van der Waals surface area (Å²) in [7, 11) is 0. The van der Waals surface area contributed by atoms with Crippen molar-refractivity contribution in [2.45, 2.75) is 37.5 Å². The molecule has 0 spiro atoms. The van der Waals surface area contributed by atoms with Crippen molar-refractivity contribution in [3.05, 3.63) is 93.9 Å². The fraction of sp³-hybridized carbons (Fsp3) is 0.250. The molecule has 0 aliphatic carbocycles. The molecule has 2 aromatic heterocycles. The summed E-state index contributed by atoms with van der Waals surface area (Å²) in [6, 6.07) is 9.13. The first kappa shape index (κ1) is 34.1. The summed E-state index contributed by atoms with van der Waals surface area (Å²) in [4.78, 5) is 70.4. The third kappa shape index (κ3) is 7.15. The van der Waals surface area contributed by atoms with E-state index in [0.29, 0.717) is 25.1 Å². The van der Waals surface area contributed by atoms with Gasteiger partial charge in [0.15, 0.2) is 23.2 Å². The monoisotopic (exact) mass is 718 g/mol. The first-order valence-electron chi connectivity index (χ1n) is 15.2. The largest absolute Gasteiger partial charge is 0.543 e. The van der Waals surface area contributed by atoms with Gasteiger partial charge in [-0.25, -0.2) is 4.98 Å². The quantitative estimate of drug-likeness (QED) is 0.0402. The minimum atomic E-state index is -1.59. The number of hydrogen-bond acceptors (Lipinski definition) is 13. The van der Waals surface area contributed by atoms with E-state index in [1.54, 1.807) is 58.3 Å². The van der Waals surface area contributed by atoms with Gasteiger partial charge in [0.1, 0.15) is 22.9 Å². The normalized spacial score (nSPS) is 19.8. The summed E-state index contributed by atoms with van der Waals surface area (Å²) in [5.74, 6) is -3.41. The molecule has 50 heavy (non-hydrogen) atoms. The van der Waals surface area contributed by atoms with E-state index in [1.807, 2.05) is 0 Å². The van der Waals surface area contributed by atoms with Crippen molar-refractivity contribution >= 4 is 63.5 Å². The van der Waals surface area contributed by atoms with E-state index in [1.165, 1.54) is 23.2 Å². The van der Waals surface area contributed by atoms with Crippen LogP contribution in [0.4, 0.5) is 5.13 Å². The Morgan fingerprint density at radius 1 is 1.18 bits per heavy atom. The highest BCUT2D eigenvalue weighted by atomic mass is 32.2. The first-order chi connectivity index (χ1) is 24.0. The molecule has 18 heteroatoms. The Bertz CT molecular complexity index is 1980. The Balaban J connectivity index is 1.06. The molecule has 258 valence electrons. The molecular formula is C32H30N8O8S2. The molecule has 0 bridgehead atoms. The molecule has 2 saturated heterocycles. The molecule has 3 aliphatic rings. The lowest BCUT2D eigenvalue weighted by Crippen LogP contribution is -2.71. The van der Waals surface area contributed by atoms with Crippen LogP contribution in [-0.4, -0.2) is 84.1 Å². The Morgan fingerprint density at radius 2 is 1.96 bits per heavy atom. The number of amides is 4. The molecule has 5 heterocycles. The number of fused-ring (bicyclic) bond motifs is 1. The third-order valence-corrected chi connectivity index (χ3v) is 10.2. The highest BCUT2D eigenvalue weighted by molar-refractivity contribution is 8.00. The molecule has 2 atom stereocenters. The first-order valence-corrected chi connectivity index (χ1v) is 17.1. The lowest BCUT2D eigenvalue weighted by molar-refractivity contribution is -0.684. The van der Waals surface area contributed by atoms with Crippen LogP contribution in [0.1, 0.15) is 23.2 Å². The van der Waals surface area contributed by atoms with E-state index in [0.717, 1.165) is 27.4 Å². The van der Waals surface area contributed by atoms with Crippen LogP contribution in [0.25, 0.3) is 0 Å². The molecule has 4 amide bonds. The number of carboxylic acids is 1. The van der Waals surface area contributed by atoms with Gasteiger partial charge >= 0.3 is 0 Å². The summed E-state index contributed by atoms with van der Waals surface area (Å²) in [5, 5.41) is 40.2. The van der Waals surface area contributed by atoms with Gasteiger partial charge in [-0.15, -0.1) is 23.1 Å². The van der Waals surface area contributed by atoms with Crippen molar-refractivity contribution < 1.29 is 44.0 Å². The molecule has 0 saturated carbocycles. The number of nitrogens with two attached hydrogens (primary N) is 1. The van der Waals surface area contributed by atoms with Crippen molar-refractivity contribution in [3.63, 3.8) is 0 Å². The third-order valence-electron chi connectivity index (χ3n) is 8.18. The van der Waals surface area contributed by atoms with Crippen LogP contribution in [0.3, 0.4) is 0 Å². The van der Waals surface area contributed by atoms with Gasteiger partial charge in [0, 0.05) is 48.5 Å². The van der Waals surface area contributed by atoms with Crippen molar-refractivity contribution in [2.75, 3.05) is 18.0 Å². The second-order valence-corrected chi connectivity index (χ2v) is 13.5. The highest BCUT2D eigenvalue weighted by Gasteiger charge is 2.53. The van der Waals surface area contributed by atoms with Crippen molar-refractivity contribution in [1.82, 2.24) is 25.4 Å². The summed E-state index contributed by atoms with van der Waals surface area (Å²) in [6.45, 7) is 1.05. The van der Waals surface area contributed by atoms with Gasteiger partial charge < -0.3 is 41.5 Å². The smallest absolute Gasteiger partial charge is 0.286 e. The van der Waals surface area contributed by atoms with E-state index >= 15 is 0 Å². The number of phenolic OH excluding ortho intramolecular Hbond substituents is 1. The Hall–Kier alpha value is -5.75. The second kappa shape index (κ2) is 14.4. The second-order valence-electron chi connectivity index (χ2n) is 11.5. The number of carbonyl (C=O) groups is 5. The number of carbonyl (C=O) groups excluding carboxylic acids is 5. The SMILES string of the molecule is Nc1nc(/C(=N/O)C(=O)N[C@@H]2C(=O)N3C(C(=O)[O-])=C(/C=C4\CCN(Cc5cc[n+](CC(=O)NCc6cccc(O)c6)cc5)C4=O)CS[C@H]23)cs1. The van der Waals surface area contributed by atoms with Gasteiger partial charge in [-0.1, -0.05) is 17.3 Å². The van der Waals surface area contributed by atoms with Crippen LogP contribution < -0.4 is 26.0 Å². The molecule has 3 aliphatic heterocycles. The molecule has 0 unspecified atom stereocenters. The minimum Gasteiger partial charge on any atom is -0.543 e. The number of carboxylic acid groups (broad SMARTS) is 1. The molecule has 6 rings (SSSR count). The predicted molar refractivity (Wildman–Crippen MR) is 177 cm³/mol. The maximum atomic E-state index is 13.3. The minimum absolute atomic E-state index is 0.0192. The van der Waals surface area contributed by atoms with Gasteiger partial charge in [-0.3, -0.25) is 24.1 Å². The summed E-state index contributed by atoms with van der Waals surface area (Å²) in [5.41, 5.74) is 7.02. The van der Waals surface area contributed by atoms with Gasteiger partial charge in [-0.05, 0) is 41.3 Å². The Morgan fingerprint density at radius 3 is 2.64 bits per heavy atom. The number of nitrogens with zero attached hydrogens (tertiary/aromatic N) is 5. The molecular weight excluding hydrogens is 689 g/mol. The lowest BCUT2D eigenvalue weighted by Gasteiger charge is -2.50. The standard InChI is InChI=1S/C32H30N8O8S2/c33-32-35-22(16-50-32)24(37-48)27(43)36-25-29(45)40-26(31(46)47)20(15-49-30(25)40)11-19-6-9-39(28(19)44)13-17-4-7-38(8-5-17)14-23(42)34-12-18-2-1-3-21(41)10-18/h1-5,7-8,10-11,16,25,30H,6,9,12-15H2,(H6-,33,34,35,36,41,42,43,46,47,48)/b19-11+/t25-,30-/m1/s1. The molecule has 16 nitrogen and oxygen atoms in total. The van der Waals surface area contributed by atoms with Crippen LogP contribution in [0.5, 0.6) is 5.75 Å². The summed E-state index contributed by atoms with van der Waals surface area (Å²) in [6.07, 6.45) is 5.33. The number of thioether (sulfide) groups is 1. The number of nitrogen functional groups attached to an aromatic ring is 1. The number of phenols is 1. The number of thiazole rings is 1. The van der Waals surface area contributed by atoms with Gasteiger partial charge in [0.05, 0.1) is 11.7 Å². The summed E-state index contributed by atoms with van der Waals surface area (Å²) >= 11 is 2.24. The summed E-state index contributed by atoms with van der Waals surface area (Å²) < 4.78 is 1.70. The Kier molecular flexibility index (Phi) is 9.82. The van der Waals surface area contributed by atoms with E-state index in [9.17, 15) is 39.4 Å². The van der Waals surface area contributed by atoms with Crippen molar-refractivity contribution in [3.8, 4) is 5.75 Å². The number of hydrogen-bond donors (Lipinski definition) is 5. The van der Waals surface area contributed by atoms with E-state index in [-0.39, 0.29) is 58.5 Å². The number of aromatic hydroxyl groups is 1. The fourth-order valence-corrected chi connectivity index (χ4v) is 7.59. The van der Waals surface area contributed by atoms with Crippen LogP contribution in [0.2, 0.25) is 0 Å². The number of pyridine rings is 1. The van der Waals surface area contributed by atoms with E-state index in [2.05, 4.69) is 20.8 Å². The fourth-order valence-electron chi connectivity index (χ4n) is 5.73. The number of benzene rings is 1. The predicted octanol–water partition coefficient (Wildman–Crippen LogP) is -1.02. The highest BCUT2D eigenvalue weighted by Crippen LogP contribution is 2.41. The zero-order chi connectivity index (χ0) is 35.5. The zero-order valence-corrected chi connectivity index (χ0v) is 27.8.